The number of amides is 2. The summed E-state index contributed by atoms with van der Waals surface area (Å²) in [5.74, 6) is -0.224. The summed E-state index contributed by atoms with van der Waals surface area (Å²) in [5, 5.41) is 2.74. The normalized spacial score (nSPS) is 14.1. The molecule has 0 unspecified atom stereocenters. The number of benzene rings is 1. The SMILES string of the molecule is CC(C)Oc1cc(C(N)=O)c2c(c1)C(=O)NCC2. The van der Waals surface area contributed by atoms with Gasteiger partial charge in [-0.15, -0.1) is 0 Å². The number of hydrogen-bond donors (Lipinski definition) is 2. The lowest BCUT2D eigenvalue weighted by atomic mass is 9.94. The first-order valence-corrected chi connectivity index (χ1v) is 5.90. The molecule has 0 aliphatic carbocycles. The Bertz CT molecular complexity index is 492. The van der Waals surface area contributed by atoms with E-state index in [4.69, 9.17) is 10.5 Å². The molecule has 2 amide bonds. The van der Waals surface area contributed by atoms with E-state index in [1.54, 1.807) is 12.1 Å². The summed E-state index contributed by atoms with van der Waals surface area (Å²) in [6.45, 7) is 4.28. The van der Waals surface area contributed by atoms with Crippen LogP contribution in [-0.4, -0.2) is 24.5 Å². The smallest absolute Gasteiger partial charge is 0.251 e. The Morgan fingerprint density at radius 2 is 2.17 bits per heavy atom. The van der Waals surface area contributed by atoms with Crippen LogP contribution in [0.5, 0.6) is 5.75 Å². The highest BCUT2D eigenvalue weighted by Crippen LogP contribution is 2.25. The van der Waals surface area contributed by atoms with Crippen molar-refractivity contribution in [1.29, 1.82) is 0 Å². The van der Waals surface area contributed by atoms with Crippen LogP contribution in [0, 0.1) is 0 Å². The second-order valence-corrected chi connectivity index (χ2v) is 4.53. The first kappa shape index (κ1) is 12.4. The van der Waals surface area contributed by atoms with Gasteiger partial charge in [0, 0.05) is 17.7 Å². The first-order valence-electron chi connectivity index (χ1n) is 5.90. The van der Waals surface area contributed by atoms with Crippen LogP contribution in [0.2, 0.25) is 0 Å². The van der Waals surface area contributed by atoms with Gasteiger partial charge in [-0.3, -0.25) is 9.59 Å². The van der Waals surface area contributed by atoms with Crippen LogP contribution in [0.15, 0.2) is 12.1 Å². The molecule has 0 spiro atoms. The van der Waals surface area contributed by atoms with Gasteiger partial charge in [-0.1, -0.05) is 0 Å². The Morgan fingerprint density at radius 3 is 2.78 bits per heavy atom. The number of nitrogens with one attached hydrogen (secondary N) is 1. The van der Waals surface area contributed by atoms with Crippen molar-refractivity contribution in [2.45, 2.75) is 26.4 Å². The summed E-state index contributed by atoms with van der Waals surface area (Å²) in [6, 6.07) is 3.27. The molecular formula is C13H16N2O3. The Morgan fingerprint density at radius 1 is 1.44 bits per heavy atom. The van der Waals surface area contributed by atoms with E-state index >= 15 is 0 Å². The molecule has 1 heterocycles. The van der Waals surface area contributed by atoms with Crippen molar-refractivity contribution in [1.82, 2.24) is 5.32 Å². The minimum Gasteiger partial charge on any atom is -0.491 e. The highest BCUT2D eigenvalue weighted by molar-refractivity contribution is 6.03. The third-order valence-corrected chi connectivity index (χ3v) is 2.77. The fourth-order valence-corrected chi connectivity index (χ4v) is 2.07. The maximum atomic E-state index is 11.8. The van der Waals surface area contributed by atoms with Crippen LogP contribution in [0.3, 0.4) is 0 Å². The quantitative estimate of drug-likeness (QED) is 0.832. The number of fused-ring (bicyclic) bond motifs is 1. The lowest BCUT2D eigenvalue weighted by Crippen LogP contribution is -2.33. The predicted molar refractivity (Wildman–Crippen MR) is 66.8 cm³/mol. The second-order valence-electron chi connectivity index (χ2n) is 4.53. The van der Waals surface area contributed by atoms with Crippen molar-refractivity contribution in [3.05, 3.63) is 28.8 Å². The average Bonchev–Trinajstić information content (AvgIpc) is 2.28. The number of primary amides is 1. The van der Waals surface area contributed by atoms with Crippen LogP contribution < -0.4 is 15.8 Å². The summed E-state index contributed by atoms with van der Waals surface area (Å²) < 4.78 is 5.53. The minimum absolute atomic E-state index is 0.0320. The van der Waals surface area contributed by atoms with E-state index in [-0.39, 0.29) is 12.0 Å². The Hall–Kier alpha value is -2.04. The van der Waals surface area contributed by atoms with Gasteiger partial charge in [-0.2, -0.15) is 0 Å². The van der Waals surface area contributed by atoms with Crippen molar-refractivity contribution >= 4 is 11.8 Å². The van der Waals surface area contributed by atoms with Crippen molar-refractivity contribution in [2.24, 2.45) is 5.73 Å². The van der Waals surface area contributed by atoms with Crippen molar-refractivity contribution in [3.8, 4) is 5.75 Å². The molecule has 5 nitrogen and oxygen atoms in total. The van der Waals surface area contributed by atoms with E-state index in [0.29, 0.717) is 35.4 Å². The maximum Gasteiger partial charge on any atom is 0.251 e. The van der Waals surface area contributed by atoms with Gasteiger partial charge in [0.15, 0.2) is 0 Å². The zero-order valence-corrected chi connectivity index (χ0v) is 10.4. The van der Waals surface area contributed by atoms with Crippen LogP contribution >= 0.6 is 0 Å². The molecule has 1 aromatic rings. The molecule has 0 aromatic heterocycles. The average molecular weight is 248 g/mol. The molecular weight excluding hydrogens is 232 g/mol. The molecule has 3 N–H and O–H groups in total. The number of nitrogens with two attached hydrogens (primary N) is 1. The van der Waals surface area contributed by atoms with Crippen molar-refractivity contribution < 1.29 is 14.3 Å². The molecule has 0 saturated carbocycles. The zero-order valence-electron chi connectivity index (χ0n) is 10.4. The van der Waals surface area contributed by atoms with E-state index in [2.05, 4.69) is 5.32 Å². The molecule has 0 saturated heterocycles. The molecule has 1 aliphatic heterocycles. The third kappa shape index (κ3) is 2.30. The van der Waals surface area contributed by atoms with E-state index in [1.807, 2.05) is 13.8 Å². The minimum atomic E-state index is -0.532. The Kier molecular flexibility index (Phi) is 3.23. The number of carbonyl (C=O) groups excluding carboxylic acids is 2. The summed E-state index contributed by atoms with van der Waals surface area (Å²) in [5.41, 5.74) is 6.92. The summed E-state index contributed by atoms with van der Waals surface area (Å²) in [6.07, 6.45) is 0.580. The molecule has 96 valence electrons. The van der Waals surface area contributed by atoms with E-state index in [1.165, 1.54) is 0 Å². The molecule has 1 aromatic carbocycles. The topological polar surface area (TPSA) is 81.4 Å². The van der Waals surface area contributed by atoms with Gasteiger partial charge in [-0.25, -0.2) is 0 Å². The number of carbonyl (C=O) groups is 2. The maximum absolute atomic E-state index is 11.8. The molecule has 18 heavy (non-hydrogen) atoms. The van der Waals surface area contributed by atoms with E-state index in [0.717, 1.165) is 0 Å². The van der Waals surface area contributed by atoms with Crippen LogP contribution in [0.25, 0.3) is 0 Å². The monoisotopic (exact) mass is 248 g/mol. The largest absolute Gasteiger partial charge is 0.491 e. The molecule has 0 bridgehead atoms. The highest BCUT2D eigenvalue weighted by Gasteiger charge is 2.23. The number of hydrogen-bond acceptors (Lipinski definition) is 3. The van der Waals surface area contributed by atoms with Gasteiger partial charge in [0.2, 0.25) is 5.91 Å². The van der Waals surface area contributed by atoms with E-state index in [9.17, 15) is 9.59 Å². The molecule has 2 rings (SSSR count). The van der Waals surface area contributed by atoms with Crippen LogP contribution in [0.1, 0.15) is 40.1 Å². The summed E-state index contributed by atoms with van der Waals surface area (Å²) >= 11 is 0. The first-order chi connectivity index (χ1) is 8.49. The number of ether oxygens (including phenoxy) is 1. The lowest BCUT2D eigenvalue weighted by Gasteiger charge is -2.20. The second kappa shape index (κ2) is 4.68. The lowest BCUT2D eigenvalue weighted by molar-refractivity contribution is 0.0945. The highest BCUT2D eigenvalue weighted by atomic mass is 16.5. The molecule has 0 atom stereocenters. The van der Waals surface area contributed by atoms with Crippen LogP contribution in [0.4, 0.5) is 0 Å². The summed E-state index contributed by atoms with van der Waals surface area (Å²) in [4.78, 5) is 23.2. The van der Waals surface area contributed by atoms with Crippen LogP contribution in [-0.2, 0) is 6.42 Å². The Balaban J connectivity index is 2.54. The fourth-order valence-electron chi connectivity index (χ4n) is 2.07. The summed E-state index contributed by atoms with van der Waals surface area (Å²) in [7, 11) is 0. The van der Waals surface area contributed by atoms with Gasteiger partial charge in [0.1, 0.15) is 5.75 Å². The third-order valence-electron chi connectivity index (χ3n) is 2.77. The van der Waals surface area contributed by atoms with Gasteiger partial charge in [-0.05, 0) is 38.0 Å². The zero-order chi connectivity index (χ0) is 13.3. The van der Waals surface area contributed by atoms with Crippen molar-refractivity contribution in [2.75, 3.05) is 6.54 Å². The van der Waals surface area contributed by atoms with Gasteiger partial charge < -0.3 is 15.8 Å². The van der Waals surface area contributed by atoms with Gasteiger partial charge in [0.05, 0.1) is 6.10 Å². The fraction of sp³-hybridized carbons (Fsp3) is 0.385. The molecule has 5 heteroatoms. The molecule has 1 aliphatic rings. The molecule has 0 radical (unpaired) electrons. The van der Waals surface area contributed by atoms with Crippen molar-refractivity contribution in [3.63, 3.8) is 0 Å². The predicted octanol–water partition coefficient (Wildman–Crippen LogP) is 0.859. The van der Waals surface area contributed by atoms with Gasteiger partial charge >= 0.3 is 0 Å². The Labute approximate surface area is 105 Å². The standard InChI is InChI=1S/C13H16N2O3/c1-7(2)18-8-5-10(12(14)16)9-3-4-15-13(17)11(9)6-8/h5-7H,3-4H2,1-2H3,(H2,14,16)(H,15,17). The molecule has 0 fully saturated rings. The van der Waals surface area contributed by atoms with Gasteiger partial charge in [0.25, 0.3) is 5.91 Å². The van der Waals surface area contributed by atoms with E-state index < -0.39 is 5.91 Å². The number of rotatable bonds is 3.